The van der Waals surface area contributed by atoms with Gasteiger partial charge in [-0.1, -0.05) is 35.9 Å². The van der Waals surface area contributed by atoms with E-state index in [2.05, 4.69) is 56.3 Å². The molecular weight excluding hydrogens is 366 g/mol. The third-order valence-corrected chi connectivity index (χ3v) is 4.97. The number of aryl methyl sites for hydroxylation is 1. The van der Waals surface area contributed by atoms with Crippen molar-refractivity contribution in [2.75, 3.05) is 0 Å². The summed E-state index contributed by atoms with van der Waals surface area (Å²) in [6.45, 7) is 4.30. The SMILES string of the molecule is CC1=Cc2ccccc2[CH]1[Zr+2].Cc1ccccc1.[Cl-].[Cl-]. The van der Waals surface area contributed by atoms with Crippen LogP contribution in [0.15, 0.2) is 60.2 Å². The van der Waals surface area contributed by atoms with Gasteiger partial charge in [0.05, 0.1) is 0 Å². The summed E-state index contributed by atoms with van der Waals surface area (Å²) in [7, 11) is 0. The molecule has 0 N–H and O–H groups in total. The molecule has 1 unspecified atom stereocenters. The first-order chi connectivity index (χ1) is 8.68. The monoisotopic (exact) mass is 381 g/mol. The van der Waals surface area contributed by atoms with Gasteiger partial charge >= 0.3 is 82.3 Å². The number of rotatable bonds is 0. The molecule has 0 radical (unpaired) electrons. The molecule has 0 amide bonds. The molecule has 0 bridgehead atoms. The van der Waals surface area contributed by atoms with Crippen LogP contribution in [0.2, 0.25) is 0 Å². The van der Waals surface area contributed by atoms with Crippen molar-refractivity contribution in [3.8, 4) is 0 Å². The predicted molar refractivity (Wildman–Crippen MR) is 74.0 cm³/mol. The molecule has 0 aliphatic heterocycles. The maximum atomic E-state index is 2.30. The molecule has 0 saturated carbocycles. The number of fused-ring (bicyclic) bond motifs is 1. The summed E-state index contributed by atoms with van der Waals surface area (Å²) in [5.41, 5.74) is 5.78. The van der Waals surface area contributed by atoms with E-state index in [0.29, 0.717) is 0 Å². The Labute approximate surface area is 149 Å². The Morgan fingerprint density at radius 1 is 0.800 bits per heavy atom. The summed E-state index contributed by atoms with van der Waals surface area (Å²) in [5, 5.41) is 0. The van der Waals surface area contributed by atoms with Gasteiger partial charge in [0.15, 0.2) is 0 Å². The Hall–Kier alpha value is -0.357. The van der Waals surface area contributed by atoms with Crippen molar-refractivity contribution < 1.29 is 49.5 Å². The van der Waals surface area contributed by atoms with E-state index in [1.165, 1.54) is 22.3 Å². The minimum atomic E-state index is 0. The molecule has 0 heterocycles. The van der Waals surface area contributed by atoms with E-state index < -0.39 is 0 Å². The van der Waals surface area contributed by atoms with Crippen LogP contribution >= 0.6 is 0 Å². The fourth-order valence-electron chi connectivity index (χ4n) is 2.01. The van der Waals surface area contributed by atoms with E-state index in [-0.39, 0.29) is 24.8 Å². The average molecular weight is 383 g/mol. The standard InChI is InChI=1S/C10H9.C7H8.2ClH.Zr/c1-8-6-9-4-2-3-5-10(9)7-8;1-7-5-3-2-4-6-7;;;/h2-7H,1H3;2-6H,1H3;2*1H;/q;;;;+2/p-2. The van der Waals surface area contributed by atoms with E-state index in [9.17, 15) is 0 Å². The molecule has 3 heteroatoms. The van der Waals surface area contributed by atoms with Gasteiger partial charge in [0.2, 0.25) is 0 Å². The zero-order valence-electron chi connectivity index (χ0n) is 11.6. The maximum Gasteiger partial charge on any atom is -0.0398 e. The van der Waals surface area contributed by atoms with Gasteiger partial charge in [0.25, 0.3) is 0 Å². The first-order valence-electron chi connectivity index (χ1n) is 6.18. The second-order valence-corrected chi connectivity index (χ2v) is 6.02. The summed E-state index contributed by atoms with van der Waals surface area (Å²) in [6, 6.07) is 18.9. The van der Waals surface area contributed by atoms with Gasteiger partial charge in [-0.05, 0) is 6.92 Å². The van der Waals surface area contributed by atoms with Gasteiger partial charge in [-0.2, -0.15) is 0 Å². The molecule has 3 rings (SSSR count). The van der Waals surface area contributed by atoms with Gasteiger partial charge in [-0.3, -0.25) is 0 Å². The Kier molecular flexibility index (Phi) is 9.39. The van der Waals surface area contributed by atoms with Crippen molar-refractivity contribution in [2.45, 2.75) is 17.5 Å². The molecule has 103 valence electrons. The van der Waals surface area contributed by atoms with Crippen LogP contribution in [0.5, 0.6) is 0 Å². The molecular formula is C17H17Cl2Zr. The molecule has 0 spiro atoms. The average Bonchev–Trinajstić information content (AvgIpc) is 2.68. The minimum Gasteiger partial charge on any atom is -1.00 e. The summed E-state index contributed by atoms with van der Waals surface area (Å²) in [4.78, 5) is 0. The number of hydrogen-bond donors (Lipinski definition) is 0. The molecule has 0 aromatic heterocycles. The van der Waals surface area contributed by atoms with Crippen molar-refractivity contribution in [1.82, 2.24) is 0 Å². The second kappa shape index (κ2) is 9.56. The zero-order valence-corrected chi connectivity index (χ0v) is 15.6. The second-order valence-electron chi connectivity index (χ2n) is 4.60. The summed E-state index contributed by atoms with van der Waals surface area (Å²) in [5.74, 6) is 0. The molecule has 0 fully saturated rings. The van der Waals surface area contributed by atoms with E-state index in [4.69, 9.17) is 0 Å². The largest absolute Gasteiger partial charge is 1.00 e. The molecule has 2 aromatic carbocycles. The summed E-state index contributed by atoms with van der Waals surface area (Å²) in [6.07, 6.45) is 2.30. The fourth-order valence-corrected chi connectivity index (χ4v) is 2.86. The Balaban J connectivity index is 0.000000356. The molecule has 1 atom stereocenters. The molecule has 1 aliphatic carbocycles. The van der Waals surface area contributed by atoms with Crippen molar-refractivity contribution in [3.63, 3.8) is 0 Å². The van der Waals surface area contributed by atoms with Gasteiger partial charge in [-0.15, -0.1) is 0 Å². The summed E-state index contributed by atoms with van der Waals surface area (Å²) < 4.78 is 0.721. The fraction of sp³-hybridized carbons (Fsp3) is 0.176. The Morgan fingerprint density at radius 2 is 1.35 bits per heavy atom. The van der Waals surface area contributed by atoms with Crippen LogP contribution < -0.4 is 24.8 Å². The van der Waals surface area contributed by atoms with Crippen LogP contribution in [-0.4, -0.2) is 0 Å². The van der Waals surface area contributed by atoms with Gasteiger partial charge in [0.1, 0.15) is 0 Å². The van der Waals surface area contributed by atoms with E-state index in [1.807, 2.05) is 18.2 Å². The summed E-state index contributed by atoms with van der Waals surface area (Å²) >= 11 is 1.60. The van der Waals surface area contributed by atoms with Crippen LogP contribution in [0, 0.1) is 6.92 Å². The van der Waals surface area contributed by atoms with Crippen molar-refractivity contribution >= 4 is 6.08 Å². The van der Waals surface area contributed by atoms with Crippen LogP contribution in [0.1, 0.15) is 27.2 Å². The zero-order chi connectivity index (χ0) is 13.0. The molecule has 0 nitrogen and oxygen atoms in total. The maximum absolute atomic E-state index is 2.30. The van der Waals surface area contributed by atoms with Crippen molar-refractivity contribution in [1.29, 1.82) is 0 Å². The van der Waals surface area contributed by atoms with Crippen LogP contribution in [0.3, 0.4) is 0 Å². The molecule has 2 aromatic rings. The molecule has 20 heavy (non-hydrogen) atoms. The number of benzene rings is 2. The van der Waals surface area contributed by atoms with E-state index in [0.717, 1.165) is 3.63 Å². The number of halogens is 2. The van der Waals surface area contributed by atoms with Crippen molar-refractivity contribution in [3.05, 3.63) is 76.9 Å². The molecule has 0 saturated heterocycles. The van der Waals surface area contributed by atoms with E-state index >= 15 is 0 Å². The topological polar surface area (TPSA) is 0 Å². The Morgan fingerprint density at radius 3 is 1.85 bits per heavy atom. The van der Waals surface area contributed by atoms with Gasteiger partial charge in [0, 0.05) is 0 Å². The first kappa shape index (κ1) is 19.6. The van der Waals surface area contributed by atoms with Crippen LogP contribution in [0.25, 0.3) is 6.08 Å². The van der Waals surface area contributed by atoms with Gasteiger partial charge in [-0.25, -0.2) is 0 Å². The normalized spacial score (nSPS) is 14.8. The molecule has 1 aliphatic rings. The Bertz CT molecular complexity index is 550. The smallest absolute Gasteiger partial charge is 0.0398 e. The van der Waals surface area contributed by atoms with Crippen molar-refractivity contribution in [2.24, 2.45) is 0 Å². The third-order valence-electron chi connectivity index (χ3n) is 3.09. The quantitative estimate of drug-likeness (QED) is 0.530. The third kappa shape index (κ3) is 5.20. The van der Waals surface area contributed by atoms with Gasteiger partial charge < -0.3 is 24.8 Å². The predicted octanol–water partition coefficient (Wildman–Crippen LogP) is -1.31. The van der Waals surface area contributed by atoms with Crippen LogP contribution in [0.4, 0.5) is 0 Å². The van der Waals surface area contributed by atoms with Crippen LogP contribution in [-0.2, 0) is 24.7 Å². The van der Waals surface area contributed by atoms with E-state index in [1.54, 1.807) is 24.7 Å². The number of allylic oxidation sites excluding steroid dienone is 1. The minimum absolute atomic E-state index is 0. The number of hydrogen-bond acceptors (Lipinski definition) is 0. The first-order valence-corrected chi connectivity index (χ1v) is 7.60.